The average molecular weight is 336 g/mol. The van der Waals surface area contributed by atoms with Gasteiger partial charge in [0.1, 0.15) is 24.3 Å². The monoisotopic (exact) mass is 335 g/mol. The molecule has 0 unspecified atom stereocenters. The van der Waals surface area contributed by atoms with E-state index in [-0.39, 0.29) is 11.5 Å². The van der Waals surface area contributed by atoms with Gasteiger partial charge in [0.15, 0.2) is 10.8 Å². The number of carbonyl (C=O) groups is 1. The molecule has 0 saturated heterocycles. The van der Waals surface area contributed by atoms with Crippen LogP contribution in [-0.4, -0.2) is 20.5 Å². The highest BCUT2D eigenvalue weighted by Gasteiger charge is 2.21. The molecular formula is C14H10ClN3O3S. The third-order valence-electron chi connectivity index (χ3n) is 2.85. The van der Waals surface area contributed by atoms with Crippen molar-refractivity contribution < 1.29 is 13.9 Å². The van der Waals surface area contributed by atoms with Gasteiger partial charge in [0, 0.05) is 17.5 Å². The number of esters is 1. The maximum absolute atomic E-state index is 12.2. The number of aromatic nitrogens is 3. The van der Waals surface area contributed by atoms with E-state index in [0.29, 0.717) is 22.3 Å². The van der Waals surface area contributed by atoms with E-state index in [2.05, 4.69) is 14.6 Å². The van der Waals surface area contributed by atoms with Gasteiger partial charge < -0.3 is 9.15 Å². The summed E-state index contributed by atoms with van der Waals surface area (Å²) in [6, 6.07) is 7.17. The number of ether oxygens (including phenoxy) is 1. The normalized spacial score (nSPS) is 10.6. The Kier molecular flexibility index (Phi) is 4.17. The topological polar surface area (TPSA) is 78.1 Å². The molecule has 1 aromatic carbocycles. The van der Waals surface area contributed by atoms with Crippen molar-refractivity contribution in [2.24, 2.45) is 0 Å². The van der Waals surface area contributed by atoms with Crippen LogP contribution in [0.3, 0.4) is 0 Å². The van der Waals surface area contributed by atoms with E-state index in [1.165, 1.54) is 6.26 Å². The molecule has 2 heterocycles. The fraction of sp³-hybridized carbons (Fsp3) is 0.143. The van der Waals surface area contributed by atoms with Gasteiger partial charge in [-0.3, -0.25) is 0 Å². The summed E-state index contributed by atoms with van der Waals surface area (Å²) in [6.45, 7) is 1.78. The van der Waals surface area contributed by atoms with Gasteiger partial charge in [0.2, 0.25) is 0 Å². The highest BCUT2D eigenvalue weighted by atomic mass is 35.5. The number of aryl methyl sites for hydroxylation is 1. The Morgan fingerprint density at radius 3 is 2.95 bits per heavy atom. The van der Waals surface area contributed by atoms with Crippen LogP contribution in [0.25, 0.3) is 11.4 Å². The molecule has 3 aromatic rings. The number of rotatable bonds is 4. The zero-order valence-corrected chi connectivity index (χ0v) is 13.0. The fourth-order valence-electron chi connectivity index (χ4n) is 1.79. The standard InChI is InChI=1S/C14H10ClN3O3S/c1-8-16-11(7-20-8)12-13(22-18-17-12)14(19)21-6-9-4-2-3-5-10(9)15/h2-5,7H,6H2,1H3. The predicted molar refractivity (Wildman–Crippen MR) is 80.7 cm³/mol. The molecule has 0 atom stereocenters. The van der Waals surface area contributed by atoms with Crippen molar-refractivity contribution in [3.8, 4) is 11.4 Å². The minimum Gasteiger partial charge on any atom is -0.456 e. The van der Waals surface area contributed by atoms with E-state index >= 15 is 0 Å². The first-order chi connectivity index (χ1) is 10.6. The van der Waals surface area contributed by atoms with E-state index in [0.717, 1.165) is 17.1 Å². The van der Waals surface area contributed by atoms with Gasteiger partial charge in [-0.1, -0.05) is 34.3 Å². The first-order valence-corrected chi connectivity index (χ1v) is 7.45. The molecule has 0 fully saturated rings. The van der Waals surface area contributed by atoms with E-state index < -0.39 is 5.97 Å². The molecule has 0 saturated carbocycles. The second kappa shape index (κ2) is 6.25. The van der Waals surface area contributed by atoms with Gasteiger partial charge in [-0.05, 0) is 17.6 Å². The third kappa shape index (κ3) is 3.00. The lowest BCUT2D eigenvalue weighted by Gasteiger charge is -2.05. The highest BCUT2D eigenvalue weighted by Crippen LogP contribution is 2.24. The Labute approximate surface area is 134 Å². The number of hydrogen-bond donors (Lipinski definition) is 0. The van der Waals surface area contributed by atoms with Gasteiger partial charge in [-0.15, -0.1) is 5.10 Å². The first-order valence-electron chi connectivity index (χ1n) is 6.30. The molecule has 2 aromatic heterocycles. The van der Waals surface area contributed by atoms with Crippen LogP contribution in [0.4, 0.5) is 0 Å². The molecule has 8 heteroatoms. The molecule has 0 amide bonds. The van der Waals surface area contributed by atoms with E-state index in [1.54, 1.807) is 19.1 Å². The van der Waals surface area contributed by atoms with Gasteiger partial charge >= 0.3 is 5.97 Å². The van der Waals surface area contributed by atoms with Crippen molar-refractivity contribution in [1.29, 1.82) is 0 Å². The zero-order chi connectivity index (χ0) is 15.5. The second-order valence-electron chi connectivity index (χ2n) is 4.37. The van der Waals surface area contributed by atoms with Crippen LogP contribution in [0.2, 0.25) is 5.02 Å². The number of hydrogen-bond acceptors (Lipinski definition) is 7. The summed E-state index contributed by atoms with van der Waals surface area (Å²) in [5, 5.41) is 4.46. The molecule has 0 bridgehead atoms. The maximum atomic E-state index is 12.2. The van der Waals surface area contributed by atoms with E-state index in [4.69, 9.17) is 20.8 Å². The minimum atomic E-state index is -0.523. The Morgan fingerprint density at radius 2 is 2.23 bits per heavy atom. The predicted octanol–water partition coefficient (Wildman–Crippen LogP) is 3.51. The second-order valence-corrected chi connectivity index (χ2v) is 5.53. The van der Waals surface area contributed by atoms with Gasteiger partial charge in [-0.25, -0.2) is 9.78 Å². The van der Waals surface area contributed by atoms with Crippen LogP contribution >= 0.6 is 23.1 Å². The van der Waals surface area contributed by atoms with E-state index in [9.17, 15) is 4.79 Å². The molecule has 0 aliphatic heterocycles. The number of nitrogens with zero attached hydrogens (tertiary/aromatic N) is 3. The minimum absolute atomic E-state index is 0.0771. The molecule has 0 N–H and O–H groups in total. The number of halogens is 1. The van der Waals surface area contributed by atoms with Crippen LogP contribution in [0.15, 0.2) is 34.9 Å². The lowest BCUT2D eigenvalue weighted by molar-refractivity contribution is 0.0479. The molecule has 0 spiro atoms. The Hall–Kier alpha value is -2.25. The number of carbonyl (C=O) groups excluding carboxylic acids is 1. The summed E-state index contributed by atoms with van der Waals surface area (Å²) < 4.78 is 14.2. The van der Waals surface area contributed by atoms with Crippen LogP contribution in [-0.2, 0) is 11.3 Å². The van der Waals surface area contributed by atoms with Crippen LogP contribution < -0.4 is 0 Å². The Morgan fingerprint density at radius 1 is 1.41 bits per heavy atom. The van der Waals surface area contributed by atoms with Gasteiger partial charge in [-0.2, -0.15) is 0 Å². The number of benzene rings is 1. The quantitative estimate of drug-likeness (QED) is 0.679. The van der Waals surface area contributed by atoms with Gasteiger partial charge in [0.05, 0.1) is 0 Å². The van der Waals surface area contributed by atoms with Crippen LogP contribution in [0.5, 0.6) is 0 Å². The lowest BCUT2D eigenvalue weighted by Crippen LogP contribution is -2.05. The zero-order valence-electron chi connectivity index (χ0n) is 11.4. The number of oxazole rings is 1. The molecule has 112 valence electrons. The molecular weight excluding hydrogens is 326 g/mol. The first kappa shape index (κ1) is 14.7. The van der Waals surface area contributed by atoms with E-state index in [1.807, 2.05) is 12.1 Å². The van der Waals surface area contributed by atoms with Crippen molar-refractivity contribution >= 4 is 29.1 Å². The lowest BCUT2D eigenvalue weighted by atomic mass is 10.2. The maximum Gasteiger partial charge on any atom is 0.352 e. The summed E-state index contributed by atoms with van der Waals surface area (Å²) in [5.74, 6) is -0.0380. The summed E-state index contributed by atoms with van der Waals surface area (Å²) in [4.78, 5) is 16.6. The molecule has 0 aliphatic rings. The molecule has 0 radical (unpaired) electrons. The summed E-state index contributed by atoms with van der Waals surface area (Å²) in [6.07, 6.45) is 1.43. The molecule has 3 rings (SSSR count). The summed E-state index contributed by atoms with van der Waals surface area (Å²) in [7, 11) is 0. The largest absolute Gasteiger partial charge is 0.456 e. The third-order valence-corrected chi connectivity index (χ3v) is 3.93. The van der Waals surface area contributed by atoms with Crippen molar-refractivity contribution in [1.82, 2.24) is 14.6 Å². The van der Waals surface area contributed by atoms with Crippen LogP contribution in [0, 0.1) is 6.92 Å². The van der Waals surface area contributed by atoms with Crippen molar-refractivity contribution in [2.45, 2.75) is 13.5 Å². The molecule has 22 heavy (non-hydrogen) atoms. The summed E-state index contributed by atoms with van der Waals surface area (Å²) >= 11 is 6.98. The van der Waals surface area contributed by atoms with Gasteiger partial charge in [0.25, 0.3) is 0 Å². The van der Waals surface area contributed by atoms with Crippen molar-refractivity contribution in [2.75, 3.05) is 0 Å². The molecule has 0 aliphatic carbocycles. The molecule has 6 nitrogen and oxygen atoms in total. The smallest absolute Gasteiger partial charge is 0.352 e. The highest BCUT2D eigenvalue weighted by molar-refractivity contribution is 7.08. The van der Waals surface area contributed by atoms with Crippen molar-refractivity contribution in [3.05, 3.63) is 51.9 Å². The Balaban J connectivity index is 1.76. The fourth-order valence-corrected chi connectivity index (χ4v) is 2.55. The average Bonchev–Trinajstić information content (AvgIpc) is 3.14. The SMILES string of the molecule is Cc1nc(-c2nnsc2C(=O)OCc2ccccc2Cl)co1. The van der Waals surface area contributed by atoms with Crippen LogP contribution in [0.1, 0.15) is 21.1 Å². The van der Waals surface area contributed by atoms with Crippen molar-refractivity contribution in [3.63, 3.8) is 0 Å². The Bertz CT molecular complexity index is 815. The summed E-state index contributed by atoms with van der Waals surface area (Å²) in [5.41, 5.74) is 1.54.